The van der Waals surface area contributed by atoms with Crippen LogP contribution in [-0.4, -0.2) is 12.5 Å². The Bertz CT molecular complexity index is 396. The Kier molecular flexibility index (Phi) is 3.84. The van der Waals surface area contributed by atoms with Crippen LogP contribution in [-0.2, 0) is 11.3 Å². The molecular weight excluding hydrogens is 232 g/mol. The summed E-state index contributed by atoms with van der Waals surface area (Å²) < 4.78 is 0. The number of nitrogens with one attached hydrogen (secondary N) is 2. The molecule has 1 heterocycles. The molecule has 1 fully saturated rings. The number of carbonyl (C=O) groups is 1. The molecule has 0 aliphatic heterocycles. The van der Waals surface area contributed by atoms with Crippen molar-refractivity contribution in [1.82, 2.24) is 5.32 Å². The molecule has 1 aromatic rings. The maximum atomic E-state index is 11.0. The first-order valence-electron chi connectivity index (χ1n) is 6.14. The lowest BCUT2D eigenvalue weighted by Crippen LogP contribution is -2.36. The van der Waals surface area contributed by atoms with E-state index in [4.69, 9.17) is 0 Å². The number of hydrogen-bond acceptors (Lipinski definition) is 3. The highest BCUT2D eigenvalue weighted by atomic mass is 32.1. The van der Waals surface area contributed by atoms with Crippen molar-refractivity contribution in [1.29, 1.82) is 0 Å². The fourth-order valence-electron chi connectivity index (χ4n) is 2.21. The largest absolute Gasteiger partial charge is 0.325 e. The van der Waals surface area contributed by atoms with Gasteiger partial charge in [0.05, 0.1) is 5.69 Å². The number of hydrogen-bond donors (Lipinski definition) is 2. The standard InChI is InChI=1S/C13H20N2OS/c1-10(16)15-11-4-7-17-12(11)8-14-9-13(2)5-3-6-13/h4,7,14H,3,5-6,8-9H2,1-2H3,(H,15,16). The molecular formula is C13H20N2OS. The van der Waals surface area contributed by atoms with E-state index >= 15 is 0 Å². The molecule has 0 aromatic carbocycles. The van der Waals surface area contributed by atoms with Crippen molar-refractivity contribution in [3.8, 4) is 0 Å². The second-order valence-corrected chi connectivity index (χ2v) is 6.21. The minimum Gasteiger partial charge on any atom is -0.325 e. The quantitative estimate of drug-likeness (QED) is 0.846. The Labute approximate surface area is 107 Å². The van der Waals surface area contributed by atoms with E-state index in [1.165, 1.54) is 24.1 Å². The Morgan fingerprint density at radius 1 is 1.53 bits per heavy atom. The summed E-state index contributed by atoms with van der Waals surface area (Å²) in [5.74, 6) is -0.00407. The second kappa shape index (κ2) is 5.19. The predicted molar refractivity (Wildman–Crippen MR) is 72.3 cm³/mol. The SMILES string of the molecule is CC(=O)Nc1ccsc1CNCC1(C)CCC1. The molecule has 0 unspecified atom stereocenters. The van der Waals surface area contributed by atoms with Gasteiger partial charge in [0.2, 0.25) is 5.91 Å². The van der Waals surface area contributed by atoms with Gasteiger partial charge in [0.15, 0.2) is 0 Å². The summed E-state index contributed by atoms with van der Waals surface area (Å²) in [4.78, 5) is 12.2. The first-order valence-corrected chi connectivity index (χ1v) is 7.02. The Hall–Kier alpha value is -0.870. The van der Waals surface area contributed by atoms with Crippen LogP contribution in [0.3, 0.4) is 0 Å². The van der Waals surface area contributed by atoms with E-state index in [9.17, 15) is 4.79 Å². The summed E-state index contributed by atoms with van der Waals surface area (Å²) in [6, 6.07) is 1.97. The average molecular weight is 252 g/mol. The summed E-state index contributed by atoms with van der Waals surface area (Å²) in [6.45, 7) is 5.81. The van der Waals surface area contributed by atoms with E-state index in [-0.39, 0.29) is 5.91 Å². The normalized spacial score (nSPS) is 17.5. The van der Waals surface area contributed by atoms with E-state index in [1.807, 2.05) is 11.4 Å². The monoisotopic (exact) mass is 252 g/mol. The first-order chi connectivity index (χ1) is 8.09. The zero-order valence-electron chi connectivity index (χ0n) is 10.5. The molecule has 1 saturated carbocycles. The van der Waals surface area contributed by atoms with Crippen molar-refractivity contribution in [3.05, 3.63) is 16.3 Å². The van der Waals surface area contributed by atoms with Gasteiger partial charge in [0.25, 0.3) is 0 Å². The first kappa shape index (κ1) is 12.6. The summed E-state index contributed by atoms with van der Waals surface area (Å²) in [5, 5.41) is 8.38. The molecule has 3 nitrogen and oxygen atoms in total. The fourth-order valence-corrected chi connectivity index (χ4v) is 3.01. The minimum atomic E-state index is -0.00407. The second-order valence-electron chi connectivity index (χ2n) is 5.21. The topological polar surface area (TPSA) is 41.1 Å². The third-order valence-electron chi connectivity index (χ3n) is 3.45. The molecule has 0 spiro atoms. The summed E-state index contributed by atoms with van der Waals surface area (Å²) in [5.41, 5.74) is 1.46. The zero-order chi connectivity index (χ0) is 12.3. The van der Waals surface area contributed by atoms with Crippen molar-refractivity contribution >= 4 is 22.9 Å². The number of anilines is 1. The highest BCUT2D eigenvalue weighted by molar-refractivity contribution is 7.10. The number of carbonyl (C=O) groups excluding carboxylic acids is 1. The van der Waals surface area contributed by atoms with Gasteiger partial charge in [-0.05, 0) is 29.7 Å². The lowest BCUT2D eigenvalue weighted by Gasteiger charge is -2.38. The van der Waals surface area contributed by atoms with Crippen molar-refractivity contribution in [2.75, 3.05) is 11.9 Å². The molecule has 1 aliphatic carbocycles. The van der Waals surface area contributed by atoms with Crippen LogP contribution in [0.5, 0.6) is 0 Å². The third kappa shape index (κ3) is 3.30. The van der Waals surface area contributed by atoms with E-state index in [0.29, 0.717) is 5.41 Å². The van der Waals surface area contributed by atoms with Crippen LogP contribution in [0.15, 0.2) is 11.4 Å². The Morgan fingerprint density at radius 2 is 2.29 bits per heavy atom. The van der Waals surface area contributed by atoms with Gasteiger partial charge >= 0.3 is 0 Å². The zero-order valence-corrected chi connectivity index (χ0v) is 11.3. The molecule has 0 radical (unpaired) electrons. The molecule has 0 bridgehead atoms. The van der Waals surface area contributed by atoms with Gasteiger partial charge in [-0.2, -0.15) is 0 Å². The van der Waals surface area contributed by atoms with Gasteiger partial charge in [-0.25, -0.2) is 0 Å². The molecule has 94 valence electrons. The summed E-state index contributed by atoms with van der Waals surface area (Å²) in [6.07, 6.45) is 4.04. The predicted octanol–water partition coefficient (Wildman–Crippen LogP) is 2.99. The van der Waals surface area contributed by atoms with Gasteiger partial charge in [-0.3, -0.25) is 4.79 Å². The smallest absolute Gasteiger partial charge is 0.221 e. The van der Waals surface area contributed by atoms with Gasteiger partial charge in [0, 0.05) is 24.9 Å². The Balaban J connectivity index is 1.82. The van der Waals surface area contributed by atoms with Crippen molar-refractivity contribution < 1.29 is 4.79 Å². The van der Waals surface area contributed by atoms with Crippen molar-refractivity contribution in [3.63, 3.8) is 0 Å². The Morgan fingerprint density at radius 3 is 2.88 bits per heavy atom. The van der Waals surface area contributed by atoms with E-state index in [2.05, 4.69) is 17.6 Å². The van der Waals surface area contributed by atoms with Gasteiger partial charge in [-0.1, -0.05) is 13.3 Å². The maximum Gasteiger partial charge on any atom is 0.221 e. The van der Waals surface area contributed by atoms with Crippen LogP contribution < -0.4 is 10.6 Å². The van der Waals surface area contributed by atoms with E-state index in [1.54, 1.807) is 18.3 Å². The van der Waals surface area contributed by atoms with Gasteiger partial charge in [-0.15, -0.1) is 11.3 Å². The lowest BCUT2D eigenvalue weighted by molar-refractivity contribution is -0.114. The molecule has 1 aromatic heterocycles. The highest BCUT2D eigenvalue weighted by Gasteiger charge is 2.30. The maximum absolute atomic E-state index is 11.0. The number of rotatable bonds is 5. The molecule has 2 rings (SSSR count). The van der Waals surface area contributed by atoms with Gasteiger partial charge in [0.1, 0.15) is 0 Å². The van der Waals surface area contributed by atoms with E-state index < -0.39 is 0 Å². The van der Waals surface area contributed by atoms with Crippen LogP contribution in [0.25, 0.3) is 0 Å². The molecule has 17 heavy (non-hydrogen) atoms. The molecule has 2 N–H and O–H groups in total. The molecule has 1 aliphatic rings. The van der Waals surface area contributed by atoms with E-state index in [0.717, 1.165) is 18.8 Å². The van der Waals surface area contributed by atoms with Crippen molar-refractivity contribution in [2.45, 2.75) is 39.7 Å². The van der Waals surface area contributed by atoms with Gasteiger partial charge < -0.3 is 10.6 Å². The third-order valence-corrected chi connectivity index (χ3v) is 4.38. The number of amides is 1. The van der Waals surface area contributed by atoms with Crippen molar-refractivity contribution in [2.24, 2.45) is 5.41 Å². The number of thiophene rings is 1. The van der Waals surface area contributed by atoms with Crippen LogP contribution in [0, 0.1) is 5.41 Å². The van der Waals surface area contributed by atoms with Crippen LogP contribution in [0.1, 0.15) is 38.0 Å². The van der Waals surface area contributed by atoms with Crippen LogP contribution >= 0.6 is 11.3 Å². The summed E-state index contributed by atoms with van der Waals surface area (Å²) >= 11 is 1.69. The molecule has 0 saturated heterocycles. The lowest BCUT2D eigenvalue weighted by atomic mass is 9.70. The molecule has 0 atom stereocenters. The fraction of sp³-hybridized carbons (Fsp3) is 0.615. The highest BCUT2D eigenvalue weighted by Crippen LogP contribution is 2.39. The molecule has 4 heteroatoms. The van der Waals surface area contributed by atoms with Crippen LogP contribution in [0.2, 0.25) is 0 Å². The minimum absolute atomic E-state index is 0.00407. The molecule has 1 amide bonds. The average Bonchev–Trinajstić information content (AvgIpc) is 2.62. The summed E-state index contributed by atoms with van der Waals surface area (Å²) in [7, 11) is 0. The van der Waals surface area contributed by atoms with Crippen LogP contribution in [0.4, 0.5) is 5.69 Å².